The van der Waals surface area contributed by atoms with Crippen LogP contribution in [-0.4, -0.2) is 38.2 Å². The van der Waals surface area contributed by atoms with Gasteiger partial charge in [-0.3, -0.25) is 9.59 Å². The van der Waals surface area contributed by atoms with Gasteiger partial charge in [0.15, 0.2) is 0 Å². The van der Waals surface area contributed by atoms with Crippen molar-refractivity contribution in [1.29, 1.82) is 0 Å². The van der Waals surface area contributed by atoms with Crippen molar-refractivity contribution in [1.82, 2.24) is 5.32 Å². The predicted molar refractivity (Wildman–Crippen MR) is 53.2 cm³/mol. The summed E-state index contributed by atoms with van der Waals surface area (Å²) in [5, 5.41) is 3.07. The van der Waals surface area contributed by atoms with Crippen LogP contribution >= 0.6 is 0 Å². The topological polar surface area (TPSA) is 64.6 Å². The molecule has 5 nitrogen and oxygen atoms in total. The molecule has 0 bridgehead atoms. The van der Waals surface area contributed by atoms with Crippen LogP contribution in [0.25, 0.3) is 0 Å². The number of hydrogen-bond donors (Lipinski definition) is 1. The minimum absolute atomic E-state index is 0.146. The van der Waals surface area contributed by atoms with Gasteiger partial charge in [-0.25, -0.2) is 0 Å². The quantitative estimate of drug-likeness (QED) is 0.665. The number of esters is 2. The lowest BCUT2D eigenvalue weighted by atomic mass is 9.74. The van der Waals surface area contributed by atoms with Crippen LogP contribution in [-0.2, 0) is 19.1 Å². The van der Waals surface area contributed by atoms with Gasteiger partial charge in [0.25, 0.3) is 0 Å². The van der Waals surface area contributed by atoms with Gasteiger partial charge in [-0.05, 0) is 19.3 Å². The highest BCUT2D eigenvalue weighted by Gasteiger charge is 2.39. The maximum absolute atomic E-state index is 11.2. The number of nitrogens with one attached hydrogen (secondary N) is 1. The van der Waals surface area contributed by atoms with Crippen molar-refractivity contribution >= 4 is 11.9 Å². The van der Waals surface area contributed by atoms with Crippen LogP contribution in [0.5, 0.6) is 0 Å². The molecule has 0 aromatic rings. The fraction of sp³-hybridized carbons (Fsp3) is 0.800. The first kappa shape index (κ1) is 12.0. The minimum atomic E-state index is -0.314. The van der Waals surface area contributed by atoms with Crippen molar-refractivity contribution in [2.75, 3.05) is 20.8 Å². The van der Waals surface area contributed by atoms with E-state index in [1.54, 1.807) is 0 Å². The molecule has 0 atom stereocenters. The number of ether oxygens (including phenoxy) is 2. The Balaban J connectivity index is 2.39. The van der Waals surface area contributed by atoms with Gasteiger partial charge in [0.1, 0.15) is 0 Å². The van der Waals surface area contributed by atoms with Crippen molar-refractivity contribution in [3.63, 3.8) is 0 Å². The summed E-state index contributed by atoms with van der Waals surface area (Å²) in [4.78, 5) is 22.1. The van der Waals surface area contributed by atoms with Crippen LogP contribution in [0.15, 0.2) is 0 Å². The van der Waals surface area contributed by atoms with E-state index in [9.17, 15) is 9.59 Å². The van der Waals surface area contributed by atoms with Crippen LogP contribution in [0.1, 0.15) is 25.7 Å². The molecule has 0 aliphatic heterocycles. The van der Waals surface area contributed by atoms with Crippen molar-refractivity contribution in [2.45, 2.75) is 31.2 Å². The first-order valence-corrected chi connectivity index (χ1v) is 5.00. The van der Waals surface area contributed by atoms with Crippen LogP contribution in [0.3, 0.4) is 0 Å². The Kier molecular flexibility index (Phi) is 4.08. The summed E-state index contributed by atoms with van der Waals surface area (Å²) in [7, 11) is 2.72. The lowest BCUT2D eigenvalue weighted by molar-refractivity contribution is -0.145. The van der Waals surface area contributed by atoms with Gasteiger partial charge in [0, 0.05) is 5.54 Å². The van der Waals surface area contributed by atoms with Gasteiger partial charge in [0.05, 0.1) is 27.2 Å². The Morgan fingerprint density at radius 1 is 1.20 bits per heavy atom. The van der Waals surface area contributed by atoms with Gasteiger partial charge in [-0.1, -0.05) is 0 Å². The van der Waals surface area contributed by atoms with Crippen LogP contribution < -0.4 is 5.32 Å². The molecule has 0 aromatic carbocycles. The smallest absolute Gasteiger partial charge is 0.319 e. The van der Waals surface area contributed by atoms with Gasteiger partial charge in [-0.15, -0.1) is 0 Å². The maximum atomic E-state index is 11.2. The average molecular weight is 215 g/mol. The van der Waals surface area contributed by atoms with Crippen LogP contribution in [0.4, 0.5) is 0 Å². The lowest BCUT2D eigenvalue weighted by Gasteiger charge is -2.41. The molecule has 0 saturated heterocycles. The Morgan fingerprint density at radius 2 is 1.80 bits per heavy atom. The highest BCUT2D eigenvalue weighted by atomic mass is 16.5. The van der Waals surface area contributed by atoms with E-state index in [2.05, 4.69) is 14.8 Å². The first-order chi connectivity index (χ1) is 7.12. The Hall–Kier alpha value is -1.10. The standard InChI is InChI=1S/C10H17NO4/c1-14-8(12)6-10(4-3-5-10)11-7-9(13)15-2/h11H,3-7H2,1-2H3. The average Bonchev–Trinajstić information content (AvgIpc) is 2.20. The number of carbonyl (C=O) groups excluding carboxylic acids is 2. The van der Waals surface area contributed by atoms with E-state index in [0.29, 0.717) is 6.42 Å². The van der Waals surface area contributed by atoms with E-state index in [4.69, 9.17) is 0 Å². The van der Waals surface area contributed by atoms with Gasteiger partial charge >= 0.3 is 11.9 Å². The first-order valence-electron chi connectivity index (χ1n) is 5.00. The van der Waals surface area contributed by atoms with E-state index in [-0.39, 0.29) is 24.0 Å². The van der Waals surface area contributed by atoms with Gasteiger partial charge in [-0.2, -0.15) is 0 Å². The number of carbonyl (C=O) groups is 2. The molecule has 0 heterocycles. The number of methoxy groups -OCH3 is 2. The summed E-state index contributed by atoms with van der Waals surface area (Å²) in [6, 6.07) is 0. The minimum Gasteiger partial charge on any atom is -0.469 e. The van der Waals surface area contributed by atoms with E-state index < -0.39 is 0 Å². The maximum Gasteiger partial charge on any atom is 0.319 e. The van der Waals surface area contributed by atoms with Gasteiger partial charge in [0.2, 0.25) is 0 Å². The van der Waals surface area contributed by atoms with Crippen LogP contribution in [0, 0.1) is 0 Å². The molecule has 1 aliphatic carbocycles. The predicted octanol–water partition coefficient (Wildman–Crippen LogP) is 0.235. The fourth-order valence-corrected chi connectivity index (χ4v) is 1.70. The molecule has 1 rings (SSSR count). The van der Waals surface area contributed by atoms with Crippen LogP contribution in [0.2, 0.25) is 0 Å². The second-order valence-electron chi connectivity index (χ2n) is 3.82. The summed E-state index contributed by atoms with van der Waals surface area (Å²) in [5.41, 5.74) is -0.249. The second-order valence-corrected chi connectivity index (χ2v) is 3.82. The molecule has 86 valence electrons. The molecule has 0 aromatic heterocycles. The highest BCUT2D eigenvalue weighted by molar-refractivity contribution is 5.73. The molecule has 15 heavy (non-hydrogen) atoms. The highest BCUT2D eigenvalue weighted by Crippen LogP contribution is 2.34. The third-order valence-electron chi connectivity index (χ3n) is 2.86. The van der Waals surface area contributed by atoms with Crippen molar-refractivity contribution in [3.05, 3.63) is 0 Å². The molecular formula is C10H17NO4. The van der Waals surface area contributed by atoms with E-state index in [1.807, 2.05) is 0 Å². The molecular weight excluding hydrogens is 198 g/mol. The molecule has 1 aliphatic rings. The monoisotopic (exact) mass is 215 g/mol. The van der Waals surface area contributed by atoms with Crippen molar-refractivity contribution in [2.24, 2.45) is 0 Å². The number of hydrogen-bond acceptors (Lipinski definition) is 5. The van der Waals surface area contributed by atoms with E-state index in [1.165, 1.54) is 14.2 Å². The number of rotatable bonds is 5. The molecule has 1 N–H and O–H groups in total. The summed E-state index contributed by atoms with van der Waals surface area (Å²) >= 11 is 0. The zero-order chi connectivity index (χ0) is 11.3. The Labute approximate surface area is 89.1 Å². The molecule has 1 saturated carbocycles. The lowest BCUT2D eigenvalue weighted by Crippen LogP contribution is -2.54. The largest absolute Gasteiger partial charge is 0.469 e. The second kappa shape index (κ2) is 5.11. The Bertz CT molecular complexity index is 248. The zero-order valence-corrected chi connectivity index (χ0v) is 9.17. The molecule has 0 radical (unpaired) electrons. The van der Waals surface area contributed by atoms with E-state index in [0.717, 1.165) is 19.3 Å². The summed E-state index contributed by atoms with van der Waals surface area (Å²) < 4.78 is 9.15. The summed E-state index contributed by atoms with van der Waals surface area (Å²) in [5.74, 6) is -0.557. The fourth-order valence-electron chi connectivity index (χ4n) is 1.70. The third-order valence-corrected chi connectivity index (χ3v) is 2.86. The van der Waals surface area contributed by atoms with Crippen molar-refractivity contribution < 1.29 is 19.1 Å². The van der Waals surface area contributed by atoms with E-state index >= 15 is 0 Å². The zero-order valence-electron chi connectivity index (χ0n) is 9.17. The normalized spacial score (nSPS) is 17.7. The van der Waals surface area contributed by atoms with Gasteiger partial charge < -0.3 is 14.8 Å². The Morgan fingerprint density at radius 3 is 2.20 bits per heavy atom. The molecule has 0 spiro atoms. The third kappa shape index (κ3) is 3.20. The molecule has 0 unspecified atom stereocenters. The SMILES string of the molecule is COC(=O)CNC1(CC(=O)OC)CCC1. The van der Waals surface area contributed by atoms with Crippen molar-refractivity contribution in [3.8, 4) is 0 Å². The summed E-state index contributed by atoms with van der Waals surface area (Å²) in [6.07, 6.45) is 3.20. The molecule has 0 amide bonds. The molecule has 1 fully saturated rings. The molecule has 5 heteroatoms. The summed E-state index contributed by atoms with van der Waals surface area (Å²) in [6.45, 7) is 0.146.